The number of carbonyl (C=O) groups excluding carboxylic acids is 2. The number of hydrogen-bond acceptors (Lipinski definition) is 4. The van der Waals surface area contributed by atoms with Crippen molar-refractivity contribution in [3.63, 3.8) is 0 Å². The SMILES string of the molecule is CCN(C(=O)CNC(=O)c1c(F)cccc1Cl)C1CCS(=O)(=O)C1. The molecular formula is C15H18ClFN2O4S. The van der Waals surface area contributed by atoms with E-state index >= 15 is 0 Å². The molecule has 132 valence electrons. The largest absolute Gasteiger partial charge is 0.343 e. The molecule has 1 fully saturated rings. The van der Waals surface area contributed by atoms with Gasteiger partial charge in [0.1, 0.15) is 5.82 Å². The molecule has 1 aliphatic rings. The average molecular weight is 377 g/mol. The van der Waals surface area contributed by atoms with E-state index in [9.17, 15) is 22.4 Å². The second-order valence-corrected chi connectivity index (χ2v) is 8.15. The minimum absolute atomic E-state index is 0.0471. The Morgan fingerprint density at radius 3 is 2.67 bits per heavy atom. The summed E-state index contributed by atoms with van der Waals surface area (Å²) >= 11 is 5.80. The smallest absolute Gasteiger partial charge is 0.256 e. The average Bonchev–Trinajstić information content (AvgIpc) is 2.85. The lowest BCUT2D eigenvalue weighted by molar-refractivity contribution is -0.131. The van der Waals surface area contributed by atoms with Crippen molar-refractivity contribution < 1.29 is 22.4 Å². The Kier molecular flexibility index (Phi) is 5.82. The lowest BCUT2D eigenvalue weighted by Gasteiger charge is -2.27. The van der Waals surface area contributed by atoms with Crippen molar-refractivity contribution in [3.05, 3.63) is 34.6 Å². The third kappa shape index (κ3) is 4.24. The van der Waals surface area contributed by atoms with Crippen LogP contribution >= 0.6 is 11.6 Å². The van der Waals surface area contributed by atoms with E-state index in [1.807, 2.05) is 0 Å². The van der Waals surface area contributed by atoms with Gasteiger partial charge in [0, 0.05) is 12.6 Å². The van der Waals surface area contributed by atoms with Gasteiger partial charge in [-0.25, -0.2) is 12.8 Å². The summed E-state index contributed by atoms with van der Waals surface area (Å²) in [7, 11) is -3.12. The quantitative estimate of drug-likeness (QED) is 0.838. The van der Waals surface area contributed by atoms with Crippen LogP contribution < -0.4 is 5.32 Å². The molecule has 1 heterocycles. The van der Waals surface area contributed by atoms with Gasteiger partial charge < -0.3 is 10.2 Å². The third-order valence-corrected chi connectivity index (χ3v) is 5.97. The Labute approximate surface area is 144 Å². The molecule has 1 atom stereocenters. The number of nitrogens with zero attached hydrogens (tertiary/aromatic N) is 1. The zero-order valence-corrected chi connectivity index (χ0v) is 14.7. The van der Waals surface area contributed by atoms with Gasteiger partial charge in [-0.1, -0.05) is 17.7 Å². The highest BCUT2D eigenvalue weighted by atomic mass is 35.5. The first-order valence-electron chi connectivity index (χ1n) is 7.47. The summed E-state index contributed by atoms with van der Waals surface area (Å²) in [5.41, 5.74) is -0.321. The summed E-state index contributed by atoms with van der Waals surface area (Å²) in [6.45, 7) is 1.71. The molecule has 0 aliphatic carbocycles. The summed E-state index contributed by atoms with van der Waals surface area (Å²) in [6, 6.07) is 3.47. The molecule has 0 bridgehead atoms. The number of halogens is 2. The number of hydrogen-bond donors (Lipinski definition) is 1. The van der Waals surface area contributed by atoms with E-state index in [-0.39, 0.29) is 34.7 Å². The molecule has 0 aromatic heterocycles. The van der Waals surface area contributed by atoms with E-state index in [1.165, 1.54) is 17.0 Å². The summed E-state index contributed by atoms with van der Waals surface area (Å²) in [5.74, 6) is -2.00. The molecule has 0 radical (unpaired) electrons. The molecule has 1 saturated heterocycles. The third-order valence-electron chi connectivity index (χ3n) is 3.90. The molecule has 24 heavy (non-hydrogen) atoms. The number of nitrogens with one attached hydrogen (secondary N) is 1. The first-order chi connectivity index (χ1) is 11.2. The van der Waals surface area contributed by atoms with Crippen LogP contribution in [0.1, 0.15) is 23.7 Å². The molecule has 1 aromatic rings. The molecule has 1 unspecified atom stereocenters. The van der Waals surface area contributed by atoms with Crippen LogP contribution in [-0.4, -0.2) is 55.8 Å². The van der Waals surface area contributed by atoms with E-state index in [0.717, 1.165) is 6.07 Å². The van der Waals surface area contributed by atoms with Crippen molar-refractivity contribution in [1.82, 2.24) is 10.2 Å². The molecule has 0 spiro atoms. The van der Waals surface area contributed by atoms with Crippen LogP contribution in [0.25, 0.3) is 0 Å². The van der Waals surface area contributed by atoms with Gasteiger partial charge >= 0.3 is 0 Å². The number of carbonyl (C=O) groups is 2. The van der Waals surface area contributed by atoms with Crippen molar-refractivity contribution >= 4 is 33.3 Å². The predicted molar refractivity (Wildman–Crippen MR) is 88.2 cm³/mol. The summed E-state index contributed by atoms with van der Waals surface area (Å²) in [5, 5.41) is 2.29. The Bertz CT molecular complexity index is 734. The molecule has 9 heteroatoms. The van der Waals surface area contributed by atoms with E-state index in [4.69, 9.17) is 11.6 Å². The predicted octanol–water partition coefficient (Wildman–Crippen LogP) is 1.24. The van der Waals surface area contributed by atoms with Crippen molar-refractivity contribution in [2.24, 2.45) is 0 Å². The molecule has 1 aliphatic heterocycles. The fraction of sp³-hybridized carbons (Fsp3) is 0.467. The molecule has 0 saturated carbocycles. The highest BCUT2D eigenvalue weighted by Gasteiger charge is 2.33. The van der Waals surface area contributed by atoms with Crippen LogP contribution in [0.15, 0.2) is 18.2 Å². The molecule has 1 N–H and O–H groups in total. The topological polar surface area (TPSA) is 83.6 Å². The summed E-state index contributed by atoms with van der Waals surface area (Å²) < 4.78 is 36.8. The fourth-order valence-corrected chi connectivity index (χ4v) is 4.70. The second-order valence-electron chi connectivity index (χ2n) is 5.52. The number of rotatable bonds is 5. The maximum atomic E-state index is 13.7. The van der Waals surface area contributed by atoms with Crippen LogP contribution in [0.4, 0.5) is 4.39 Å². The van der Waals surface area contributed by atoms with E-state index in [0.29, 0.717) is 13.0 Å². The van der Waals surface area contributed by atoms with Crippen LogP contribution in [0.2, 0.25) is 5.02 Å². The number of sulfone groups is 1. The Hall–Kier alpha value is -1.67. The van der Waals surface area contributed by atoms with E-state index < -0.39 is 27.5 Å². The summed E-state index contributed by atoms with van der Waals surface area (Å²) in [4.78, 5) is 25.7. The maximum absolute atomic E-state index is 13.7. The monoisotopic (exact) mass is 376 g/mol. The molecule has 6 nitrogen and oxygen atoms in total. The molecular weight excluding hydrogens is 359 g/mol. The summed E-state index contributed by atoms with van der Waals surface area (Å²) in [6.07, 6.45) is 0.384. The van der Waals surface area contributed by atoms with Gasteiger partial charge in [-0.05, 0) is 25.5 Å². The first-order valence-corrected chi connectivity index (χ1v) is 9.67. The highest BCUT2D eigenvalue weighted by Crippen LogP contribution is 2.19. The van der Waals surface area contributed by atoms with Crippen molar-refractivity contribution in [2.75, 3.05) is 24.6 Å². The Morgan fingerprint density at radius 1 is 1.42 bits per heavy atom. The van der Waals surface area contributed by atoms with Gasteiger partial charge in [0.05, 0.1) is 28.6 Å². The van der Waals surface area contributed by atoms with Gasteiger partial charge in [0.15, 0.2) is 9.84 Å². The normalized spacial score (nSPS) is 19.0. The number of amides is 2. The Balaban J connectivity index is 2.00. The lowest BCUT2D eigenvalue weighted by Crippen LogP contribution is -2.46. The Morgan fingerprint density at radius 2 is 2.12 bits per heavy atom. The first kappa shape index (κ1) is 18.7. The fourth-order valence-electron chi connectivity index (χ4n) is 2.72. The van der Waals surface area contributed by atoms with Crippen molar-refractivity contribution in [2.45, 2.75) is 19.4 Å². The van der Waals surface area contributed by atoms with E-state index in [2.05, 4.69) is 5.32 Å². The van der Waals surface area contributed by atoms with Gasteiger partial charge in [0.2, 0.25) is 5.91 Å². The minimum atomic E-state index is -3.12. The van der Waals surface area contributed by atoms with Crippen molar-refractivity contribution in [3.8, 4) is 0 Å². The molecule has 2 amide bonds. The minimum Gasteiger partial charge on any atom is -0.343 e. The van der Waals surface area contributed by atoms with E-state index in [1.54, 1.807) is 6.92 Å². The highest BCUT2D eigenvalue weighted by molar-refractivity contribution is 7.91. The zero-order chi connectivity index (χ0) is 17.9. The van der Waals surface area contributed by atoms with Gasteiger partial charge in [-0.3, -0.25) is 9.59 Å². The molecule has 2 rings (SSSR count). The zero-order valence-electron chi connectivity index (χ0n) is 13.1. The van der Waals surface area contributed by atoms with Gasteiger partial charge in [-0.15, -0.1) is 0 Å². The second kappa shape index (κ2) is 7.48. The van der Waals surface area contributed by atoms with Crippen LogP contribution in [0.5, 0.6) is 0 Å². The number of likely N-dealkylation sites (N-methyl/N-ethyl adjacent to an activating group) is 1. The van der Waals surface area contributed by atoms with Crippen molar-refractivity contribution in [1.29, 1.82) is 0 Å². The van der Waals surface area contributed by atoms with Crippen LogP contribution in [-0.2, 0) is 14.6 Å². The van der Waals surface area contributed by atoms with Crippen LogP contribution in [0.3, 0.4) is 0 Å². The number of benzene rings is 1. The van der Waals surface area contributed by atoms with Crippen LogP contribution in [0, 0.1) is 5.82 Å². The van der Waals surface area contributed by atoms with Gasteiger partial charge in [-0.2, -0.15) is 0 Å². The maximum Gasteiger partial charge on any atom is 0.256 e. The lowest BCUT2D eigenvalue weighted by atomic mass is 10.2. The standard InChI is InChI=1S/C15H18ClFN2O4S/c1-2-19(10-6-7-24(22,23)9-10)13(20)8-18-15(21)14-11(16)4-3-5-12(14)17/h3-5,10H,2,6-9H2,1H3,(H,18,21). The van der Waals surface area contributed by atoms with Gasteiger partial charge in [0.25, 0.3) is 5.91 Å². The molecule has 1 aromatic carbocycles.